The number of hydrogen-bond acceptors (Lipinski definition) is 4. The van der Waals surface area contributed by atoms with Crippen LogP contribution in [-0.2, 0) is 20.5 Å². The first-order valence-electron chi connectivity index (χ1n) is 7.46. The van der Waals surface area contributed by atoms with Gasteiger partial charge in [-0.2, -0.15) is 5.26 Å². The average Bonchev–Trinajstić information content (AvgIpc) is 2.57. The predicted molar refractivity (Wildman–Crippen MR) is 89.5 cm³/mol. The lowest BCUT2D eigenvalue weighted by Gasteiger charge is -2.19. The first-order chi connectivity index (χ1) is 11.0. The lowest BCUT2D eigenvalue weighted by Crippen LogP contribution is -2.40. The van der Waals surface area contributed by atoms with Gasteiger partial charge in [-0.15, -0.1) is 0 Å². The Balaban J connectivity index is 2.21. The number of hydrogen-bond donors (Lipinski definition) is 1. The first kappa shape index (κ1) is 16.6. The van der Waals surface area contributed by atoms with Crippen molar-refractivity contribution in [3.05, 3.63) is 62.3 Å². The number of nitrogens with zero attached hydrogens (tertiary/aromatic N) is 3. The molecule has 0 fully saturated rings. The Morgan fingerprint density at radius 3 is 2.43 bits per heavy atom. The molecule has 6 heteroatoms. The molecule has 1 aromatic heterocycles. The largest absolute Gasteiger partial charge is 0.368 e. The van der Waals surface area contributed by atoms with E-state index in [4.69, 9.17) is 0 Å². The summed E-state index contributed by atoms with van der Waals surface area (Å²) in [6.07, 6.45) is 1.69. The van der Waals surface area contributed by atoms with Crippen LogP contribution in [0.2, 0.25) is 0 Å². The van der Waals surface area contributed by atoms with Gasteiger partial charge in [-0.05, 0) is 25.3 Å². The fourth-order valence-electron chi connectivity index (χ4n) is 2.45. The van der Waals surface area contributed by atoms with Gasteiger partial charge in [-0.3, -0.25) is 13.9 Å². The third-order valence-corrected chi connectivity index (χ3v) is 3.87. The molecule has 0 radical (unpaired) electrons. The number of benzene rings is 1. The van der Waals surface area contributed by atoms with Crippen LogP contribution >= 0.6 is 0 Å². The molecule has 1 heterocycles. The van der Waals surface area contributed by atoms with Crippen LogP contribution in [0.15, 0.2) is 39.9 Å². The first-order valence-corrected chi connectivity index (χ1v) is 7.46. The Labute approximate surface area is 134 Å². The van der Waals surface area contributed by atoms with Gasteiger partial charge in [0, 0.05) is 20.1 Å². The number of rotatable bonds is 5. The van der Waals surface area contributed by atoms with E-state index in [2.05, 4.69) is 17.4 Å². The molecule has 0 saturated carbocycles. The SMILES string of the molecule is C[C@@H](CCc1ccccc1)Nc1c(C#N)c(=O)n(C)c(=O)n1C. The minimum Gasteiger partial charge on any atom is -0.368 e. The van der Waals surface area contributed by atoms with Gasteiger partial charge in [-0.25, -0.2) is 4.79 Å². The molecular weight excluding hydrogens is 292 g/mol. The van der Waals surface area contributed by atoms with Crippen molar-refractivity contribution < 1.29 is 0 Å². The third-order valence-electron chi connectivity index (χ3n) is 3.87. The molecule has 0 amide bonds. The minimum atomic E-state index is -0.576. The van der Waals surface area contributed by atoms with Gasteiger partial charge in [0.25, 0.3) is 5.56 Å². The quantitative estimate of drug-likeness (QED) is 0.905. The molecule has 0 saturated heterocycles. The molecule has 23 heavy (non-hydrogen) atoms. The highest BCUT2D eigenvalue weighted by atomic mass is 16.2. The molecule has 1 atom stereocenters. The second-order valence-corrected chi connectivity index (χ2v) is 5.61. The lowest BCUT2D eigenvalue weighted by atomic mass is 10.1. The van der Waals surface area contributed by atoms with Crippen molar-refractivity contribution in [3.8, 4) is 6.07 Å². The number of nitrogens with one attached hydrogen (secondary N) is 1. The van der Waals surface area contributed by atoms with E-state index in [1.165, 1.54) is 17.2 Å². The van der Waals surface area contributed by atoms with E-state index in [9.17, 15) is 14.9 Å². The Morgan fingerprint density at radius 1 is 1.17 bits per heavy atom. The maximum atomic E-state index is 12.0. The van der Waals surface area contributed by atoms with Crippen molar-refractivity contribution >= 4 is 5.82 Å². The zero-order valence-electron chi connectivity index (χ0n) is 13.5. The maximum Gasteiger partial charge on any atom is 0.332 e. The van der Waals surface area contributed by atoms with Crippen LogP contribution in [0.4, 0.5) is 5.82 Å². The van der Waals surface area contributed by atoms with Crippen LogP contribution in [0, 0.1) is 11.3 Å². The number of aromatic nitrogens is 2. The normalized spacial score (nSPS) is 11.7. The van der Waals surface area contributed by atoms with Crippen LogP contribution < -0.4 is 16.6 Å². The summed E-state index contributed by atoms with van der Waals surface area (Å²) in [6.45, 7) is 1.96. The van der Waals surface area contributed by atoms with E-state index in [1.807, 2.05) is 31.2 Å². The molecule has 1 aromatic carbocycles. The summed E-state index contributed by atoms with van der Waals surface area (Å²) in [4.78, 5) is 24.1. The van der Waals surface area contributed by atoms with Gasteiger partial charge >= 0.3 is 5.69 Å². The van der Waals surface area contributed by atoms with E-state index in [0.29, 0.717) is 0 Å². The van der Waals surface area contributed by atoms with Gasteiger partial charge in [-0.1, -0.05) is 30.3 Å². The zero-order chi connectivity index (χ0) is 17.0. The smallest absolute Gasteiger partial charge is 0.332 e. The average molecular weight is 312 g/mol. The fourth-order valence-corrected chi connectivity index (χ4v) is 2.45. The van der Waals surface area contributed by atoms with Crippen molar-refractivity contribution in [3.63, 3.8) is 0 Å². The fraction of sp³-hybridized carbons (Fsp3) is 0.353. The van der Waals surface area contributed by atoms with E-state index in [-0.39, 0.29) is 17.4 Å². The number of nitriles is 1. The predicted octanol–water partition coefficient (Wildman–Crippen LogP) is 1.39. The Bertz CT molecular complexity index is 844. The highest BCUT2D eigenvalue weighted by Gasteiger charge is 2.16. The second kappa shape index (κ2) is 6.97. The van der Waals surface area contributed by atoms with Gasteiger partial charge in [0.15, 0.2) is 5.56 Å². The van der Waals surface area contributed by atoms with Gasteiger partial charge < -0.3 is 5.32 Å². The van der Waals surface area contributed by atoms with Crippen molar-refractivity contribution in [1.82, 2.24) is 9.13 Å². The highest BCUT2D eigenvalue weighted by Crippen LogP contribution is 2.12. The van der Waals surface area contributed by atoms with Gasteiger partial charge in [0.2, 0.25) is 0 Å². The van der Waals surface area contributed by atoms with Crippen LogP contribution in [0.1, 0.15) is 24.5 Å². The molecule has 0 unspecified atom stereocenters. The number of aryl methyl sites for hydroxylation is 1. The molecule has 0 spiro atoms. The Morgan fingerprint density at radius 2 is 1.83 bits per heavy atom. The molecule has 2 aromatic rings. The maximum absolute atomic E-state index is 12.0. The van der Waals surface area contributed by atoms with Crippen LogP contribution in [-0.4, -0.2) is 15.2 Å². The highest BCUT2D eigenvalue weighted by molar-refractivity contribution is 5.51. The van der Waals surface area contributed by atoms with Crippen LogP contribution in [0.25, 0.3) is 0 Å². The molecule has 1 N–H and O–H groups in total. The van der Waals surface area contributed by atoms with Crippen molar-refractivity contribution in [2.75, 3.05) is 5.32 Å². The van der Waals surface area contributed by atoms with Crippen molar-refractivity contribution in [1.29, 1.82) is 5.26 Å². The minimum absolute atomic E-state index is 0.0139. The summed E-state index contributed by atoms with van der Waals surface area (Å²) < 4.78 is 2.25. The molecule has 120 valence electrons. The van der Waals surface area contributed by atoms with Crippen molar-refractivity contribution in [2.24, 2.45) is 14.1 Å². The zero-order valence-corrected chi connectivity index (χ0v) is 13.5. The standard InChI is InChI=1S/C17H20N4O2/c1-12(9-10-13-7-5-4-6-8-13)19-15-14(11-18)16(22)21(3)17(23)20(15)2/h4-8,12,19H,9-10H2,1-3H3/t12-/m0/s1. The second-order valence-electron chi connectivity index (χ2n) is 5.61. The monoisotopic (exact) mass is 312 g/mol. The summed E-state index contributed by atoms with van der Waals surface area (Å²) in [6, 6.07) is 12.0. The molecule has 6 nitrogen and oxygen atoms in total. The van der Waals surface area contributed by atoms with E-state index >= 15 is 0 Å². The lowest BCUT2D eigenvalue weighted by molar-refractivity contribution is 0.656. The Hall–Kier alpha value is -2.81. The molecule has 0 bridgehead atoms. The molecule has 0 aliphatic heterocycles. The van der Waals surface area contributed by atoms with Gasteiger partial charge in [0.1, 0.15) is 11.9 Å². The summed E-state index contributed by atoms with van der Waals surface area (Å²) in [5.74, 6) is 0.279. The van der Waals surface area contributed by atoms with E-state index in [1.54, 1.807) is 7.05 Å². The molecule has 2 rings (SSSR count). The summed E-state index contributed by atoms with van der Waals surface area (Å²) >= 11 is 0. The third kappa shape index (κ3) is 3.51. The topological polar surface area (TPSA) is 79.8 Å². The summed E-state index contributed by atoms with van der Waals surface area (Å²) in [7, 11) is 2.92. The van der Waals surface area contributed by atoms with Crippen molar-refractivity contribution in [2.45, 2.75) is 25.8 Å². The van der Waals surface area contributed by atoms with Crippen LogP contribution in [0.3, 0.4) is 0 Å². The molecule has 0 aliphatic carbocycles. The summed E-state index contributed by atoms with van der Waals surface area (Å²) in [5, 5.41) is 12.4. The molecular formula is C17H20N4O2. The van der Waals surface area contributed by atoms with E-state index in [0.717, 1.165) is 17.4 Å². The number of anilines is 1. The van der Waals surface area contributed by atoms with Gasteiger partial charge in [0.05, 0.1) is 0 Å². The molecule has 0 aliphatic rings. The Kier molecular flexibility index (Phi) is 5.02. The van der Waals surface area contributed by atoms with E-state index < -0.39 is 11.2 Å². The summed E-state index contributed by atoms with van der Waals surface area (Å²) in [5.41, 5.74) is 0.154. The van der Waals surface area contributed by atoms with Crippen LogP contribution in [0.5, 0.6) is 0 Å².